The minimum Gasteiger partial charge on any atom is -0.497 e. The minimum atomic E-state index is -0.730. The topological polar surface area (TPSA) is 90.0 Å². The highest BCUT2D eigenvalue weighted by atomic mass is 16.5. The van der Waals surface area contributed by atoms with Crippen LogP contribution in [0.3, 0.4) is 0 Å². The quantitative estimate of drug-likeness (QED) is 0.605. The molecule has 0 aromatic heterocycles. The van der Waals surface area contributed by atoms with E-state index in [0.717, 1.165) is 4.90 Å². The molecule has 132 valence electrons. The first-order valence-electron chi connectivity index (χ1n) is 7.76. The summed E-state index contributed by atoms with van der Waals surface area (Å²) in [5, 5.41) is 0. The molecule has 0 spiro atoms. The van der Waals surface area contributed by atoms with Crippen LogP contribution in [0, 0.1) is 0 Å². The lowest BCUT2D eigenvalue weighted by molar-refractivity contribution is -0.120. The number of carbonyl (C=O) groups excluding carboxylic acids is 4. The van der Waals surface area contributed by atoms with Gasteiger partial charge in [0.1, 0.15) is 12.4 Å². The summed E-state index contributed by atoms with van der Waals surface area (Å²) in [5.74, 6) is -1.43. The Morgan fingerprint density at radius 3 is 2.23 bits per heavy atom. The molecule has 0 aliphatic carbocycles. The summed E-state index contributed by atoms with van der Waals surface area (Å²) in [6.07, 6.45) is 0. The van der Waals surface area contributed by atoms with Crippen molar-refractivity contribution in [2.24, 2.45) is 0 Å². The van der Waals surface area contributed by atoms with Gasteiger partial charge < -0.3 is 9.47 Å². The summed E-state index contributed by atoms with van der Waals surface area (Å²) in [6, 6.07) is 10.6. The van der Waals surface area contributed by atoms with E-state index in [2.05, 4.69) is 0 Å². The molecule has 0 N–H and O–H groups in total. The number of carbonyl (C=O) groups is 4. The predicted octanol–water partition coefficient (Wildman–Crippen LogP) is 2.24. The molecule has 1 aliphatic heterocycles. The Hall–Kier alpha value is -3.48. The zero-order chi connectivity index (χ0) is 18.8. The van der Waals surface area contributed by atoms with Crippen LogP contribution in [0.5, 0.6) is 5.75 Å². The monoisotopic (exact) mass is 353 g/mol. The van der Waals surface area contributed by atoms with Crippen LogP contribution in [0.15, 0.2) is 42.5 Å². The van der Waals surface area contributed by atoms with Crippen molar-refractivity contribution in [3.8, 4) is 5.75 Å². The number of imide groups is 1. The first-order valence-corrected chi connectivity index (χ1v) is 7.76. The number of methoxy groups -OCH3 is 1. The maximum atomic E-state index is 12.7. The third-order valence-electron chi connectivity index (χ3n) is 3.86. The van der Waals surface area contributed by atoms with E-state index in [-0.39, 0.29) is 29.1 Å². The van der Waals surface area contributed by atoms with E-state index in [4.69, 9.17) is 9.47 Å². The first kappa shape index (κ1) is 17.3. The van der Waals surface area contributed by atoms with Gasteiger partial charge in [-0.3, -0.25) is 14.4 Å². The highest BCUT2D eigenvalue weighted by Gasteiger charge is 2.37. The number of amides is 2. The van der Waals surface area contributed by atoms with E-state index in [0.29, 0.717) is 11.4 Å². The van der Waals surface area contributed by atoms with Gasteiger partial charge in [0.05, 0.1) is 29.5 Å². The molecule has 7 nitrogen and oxygen atoms in total. The number of esters is 1. The molecule has 2 aromatic carbocycles. The first-order chi connectivity index (χ1) is 12.4. The third kappa shape index (κ3) is 3.06. The number of nitrogens with zero attached hydrogens (tertiary/aromatic N) is 1. The number of hydrogen-bond acceptors (Lipinski definition) is 6. The highest BCUT2D eigenvalue weighted by molar-refractivity contribution is 6.34. The number of ether oxygens (including phenoxy) is 2. The largest absolute Gasteiger partial charge is 0.497 e. The Morgan fingerprint density at radius 2 is 1.62 bits per heavy atom. The fourth-order valence-corrected chi connectivity index (χ4v) is 2.58. The van der Waals surface area contributed by atoms with Gasteiger partial charge in [-0.1, -0.05) is 0 Å². The number of anilines is 1. The van der Waals surface area contributed by atoms with E-state index in [1.54, 1.807) is 24.3 Å². The second-order valence-electron chi connectivity index (χ2n) is 5.68. The number of benzene rings is 2. The summed E-state index contributed by atoms with van der Waals surface area (Å²) in [7, 11) is 1.52. The average Bonchev–Trinajstić information content (AvgIpc) is 2.90. The van der Waals surface area contributed by atoms with Crippen LogP contribution in [0.1, 0.15) is 38.0 Å². The lowest BCUT2D eigenvalue weighted by atomic mass is 10.1. The molecule has 0 radical (unpaired) electrons. The predicted molar refractivity (Wildman–Crippen MR) is 91.5 cm³/mol. The molecule has 2 aromatic rings. The fraction of sp³-hybridized carbons (Fsp3) is 0.158. The van der Waals surface area contributed by atoms with E-state index < -0.39 is 17.8 Å². The van der Waals surface area contributed by atoms with Crippen molar-refractivity contribution in [1.29, 1.82) is 0 Å². The molecule has 3 rings (SSSR count). The molecule has 26 heavy (non-hydrogen) atoms. The lowest BCUT2D eigenvalue weighted by Crippen LogP contribution is -2.29. The maximum Gasteiger partial charge on any atom is 0.338 e. The fourth-order valence-electron chi connectivity index (χ4n) is 2.58. The molecule has 2 amide bonds. The Kier molecular flexibility index (Phi) is 4.53. The van der Waals surface area contributed by atoms with Crippen LogP contribution < -0.4 is 9.64 Å². The summed E-state index contributed by atoms with van der Waals surface area (Å²) >= 11 is 0. The van der Waals surface area contributed by atoms with E-state index in [1.807, 2.05) is 0 Å². The van der Waals surface area contributed by atoms with Gasteiger partial charge in [0.15, 0.2) is 5.78 Å². The van der Waals surface area contributed by atoms with Crippen LogP contribution in [-0.4, -0.2) is 37.3 Å². The normalized spacial score (nSPS) is 12.8. The number of hydrogen-bond donors (Lipinski definition) is 0. The van der Waals surface area contributed by atoms with Crippen LogP contribution >= 0.6 is 0 Å². The molecule has 0 fully saturated rings. The van der Waals surface area contributed by atoms with Gasteiger partial charge in [-0.25, -0.2) is 9.69 Å². The number of Topliss-reactive ketones (excluding diaryl/α,β-unsaturated/α-hetero) is 1. The summed E-state index contributed by atoms with van der Waals surface area (Å²) in [4.78, 5) is 49.2. The van der Waals surface area contributed by atoms with Gasteiger partial charge >= 0.3 is 5.97 Å². The molecular formula is C19H15NO6. The second kappa shape index (κ2) is 6.79. The standard InChI is InChI=1S/C19H15NO6/c1-11(21)10-26-19(24)12-3-8-15-16(9-12)18(23)20(17(15)22)13-4-6-14(25-2)7-5-13/h3-9H,10H2,1-2H3. The molecule has 7 heteroatoms. The van der Waals surface area contributed by atoms with Crippen LogP contribution in [0.2, 0.25) is 0 Å². The van der Waals surface area contributed by atoms with Crippen LogP contribution in [0.4, 0.5) is 5.69 Å². The van der Waals surface area contributed by atoms with Crippen molar-refractivity contribution >= 4 is 29.3 Å². The van der Waals surface area contributed by atoms with Crippen LogP contribution in [-0.2, 0) is 9.53 Å². The second-order valence-corrected chi connectivity index (χ2v) is 5.68. The number of fused-ring (bicyclic) bond motifs is 1. The molecule has 1 aliphatic rings. The molecular weight excluding hydrogens is 338 g/mol. The van der Waals surface area contributed by atoms with Crippen molar-refractivity contribution in [1.82, 2.24) is 0 Å². The lowest BCUT2D eigenvalue weighted by Gasteiger charge is -2.14. The van der Waals surface area contributed by atoms with Crippen molar-refractivity contribution < 1.29 is 28.7 Å². The Morgan fingerprint density at radius 1 is 0.962 bits per heavy atom. The zero-order valence-electron chi connectivity index (χ0n) is 14.1. The summed E-state index contributed by atoms with van der Waals surface area (Å²) < 4.78 is 9.90. The van der Waals surface area contributed by atoms with Gasteiger partial charge in [-0.2, -0.15) is 0 Å². The Balaban J connectivity index is 1.89. The van der Waals surface area contributed by atoms with Crippen molar-refractivity contribution in [3.05, 3.63) is 59.2 Å². The maximum absolute atomic E-state index is 12.7. The molecule has 0 bridgehead atoms. The minimum absolute atomic E-state index is 0.0998. The zero-order valence-corrected chi connectivity index (χ0v) is 14.1. The molecule has 0 atom stereocenters. The van der Waals surface area contributed by atoms with E-state index >= 15 is 0 Å². The van der Waals surface area contributed by atoms with Gasteiger partial charge in [0.2, 0.25) is 0 Å². The van der Waals surface area contributed by atoms with E-state index in [1.165, 1.54) is 32.2 Å². The third-order valence-corrected chi connectivity index (χ3v) is 3.86. The molecule has 1 heterocycles. The van der Waals surface area contributed by atoms with Crippen molar-refractivity contribution in [3.63, 3.8) is 0 Å². The van der Waals surface area contributed by atoms with Gasteiger partial charge in [-0.15, -0.1) is 0 Å². The smallest absolute Gasteiger partial charge is 0.338 e. The Labute approximate surface area is 149 Å². The van der Waals surface area contributed by atoms with Crippen LogP contribution in [0.25, 0.3) is 0 Å². The highest BCUT2D eigenvalue weighted by Crippen LogP contribution is 2.30. The average molecular weight is 353 g/mol. The van der Waals surface area contributed by atoms with Crippen molar-refractivity contribution in [2.75, 3.05) is 18.6 Å². The molecule has 0 unspecified atom stereocenters. The molecule has 0 saturated carbocycles. The SMILES string of the molecule is COc1ccc(N2C(=O)c3ccc(C(=O)OCC(C)=O)cc3C2=O)cc1. The van der Waals surface area contributed by atoms with Gasteiger partial charge in [-0.05, 0) is 49.4 Å². The Bertz CT molecular complexity index is 916. The summed E-state index contributed by atoms with van der Waals surface area (Å²) in [5.41, 5.74) is 0.817. The number of rotatable bonds is 5. The number of ketones is 1. The molecule has 0 saturated heterocycles. The van der Waals surface area contributed by atoms with Gasteiger partial charge in [0.25, 0.3) is 11.8 Å². The summed E-state index contributed by atoms with van der Waals surface area (Å²) in [6.45, 7) is 0.950. The van der Waals surface area contributed by atoms with E-state index in [9.17, 15) is 19.2 Å². The van der Waals surface area contributed by atoms with Gasteiger partial charge in [0, 0.05) is 0 Å². The van der Waals surface area contributed by atoms with Crippen molar-refractivity contribution in [2.45, 2.75) is 6.92 Å².